The molecule has 1 rings (SSSR count). The normalized spacial score (nSPS) is 12.4. The van der Waals surface area contributed by atoms with E-state index in [2.05, 4.69) is 27.3 Å². The Balaban J connectivity index is 2.75. The summed E-state index contributed by atoms with van der Waals surface area (Å²) in [5, 5.41) is 20.4. The summed E-state index contributed by atoms with van der Waals surface area (Å²) >= 11 is 10.5. The summed E-state index contributed by atoms with van der Waals surface area (Å²) in [6, 6.07) is 3.51. The molecule has 3 nitrogen and oxygen atoms in total. The second kappa shape index (κ2) is 5.69. The number of hydrogen-bond acceptors (Lipinski definition) is 4. The van der Waals surface area contributed by atoms with Crippen LogP contribution in [0.1, 0.15) is 10.9 Å². The lowest BCUT2D eigenvalue weighted by atomic mass is 10.2. The van der Waals surface area contributed by atoms with Crippen molar-refractivity contribution in [2.45, 2.75) is 6.04 Å². The Hall–Kier alpha value is -0.120. The molecule has 1 atom stereocenters. The van der Waals surface area contributed by atoms with Crippen molar-refractivity contribution >= 4 is 38.9 Å². The van der Waals surface area contributed by atoms with Gasteiger partial charge >= 0.3 is 0 Å². The lowest BCUT2D eigenvalue weighted by molar-refractivity contribution is 0.289. The van der Waals surface area contributed by atoms with Gasteiger partial charge in [0.2, 0.25) is 0 Å². The first kappa shape index (κ1) is 12.0. The van der Waals surface area contributed by atoms with Crippen LogP contribution in [0.15, 0.2) is 10.5 Å². The molecule has 2 N–H and O–H groups in total. The van der Waals surface area contributed by atoms with Crippen molar-refractivity contribution in [1.82, 2.24) is 5.32 Å². The van der Waals surface area contributed by atoms with Gasteiger partial charge in [-0.05, 0) is 22.0 Å². The van der Waals surface area contributed by atoms with Crippen LogP contribution in [0.3, 0.4) is 0 Å². The zero-order chi connectivity index (χ0) is 10.6. The highest BCUT2D eigenvalue weighted by atomic mass is 79.9. The van der Waals surface area contributed by atoms with Crippen LogP contribution in [0.2, 0.25) is 4.34 Å². The molecule has 1 heterocycles. The van der Waals surface area contributed by atoms with Gasteiger partial charge in [-0.15, -0.1) is 11.3 Å². The van der Waals surface area contributed by atoms with Gasteiger partial charge in [0.05, 0.1) is 12.7 Å². The molecule has 0 fully saturated rings. The van der Waals surface area contributed by atoms with Crippen LogP contribution in [-0.2, 0) is 0 Å². The fourth-order valence-corrected chi connectivity index (χ4v) is 2.68. The molecule has 0 saturated carbocycles. The highest BCUT2D eigenvalue weighted by molar-refractivity contribution is 9.10. The summed E-state index contributed by atoms with van der Waals surface area (Å²) in [4.78, 5) is 0.845. The number of thiophene rings is 1. The Labute approximate surface area is 99.4 Å². The number of rotatable bonds is 4. The van der Waals surface area contributed by atoms with Crippen LogP contribution in [0.25, 0.3) is 0 Å². The summed E-state index contributed by atoms with van der Waals surface area (Å²) in [5.74, 6) is 0. The number of aliphatic hydroxyl groups excluding tert-OH is 1. The van der Waals surface area contributed by atoms with E-state index in [1.165, 1.54) is 11.3 Å². The molecule has 0 bridgehead atoms. The summed E-state index contributed by atoms with van der Waals surface area (Å²) in [7, 11) is 0. The molecule has 0 aliphatic heterocycles. The van der Waals surface area contributed by atoms with Crippen molar-refractivity contribution in [1.29, 1.82) is 5.26 Å². The number of hydrogen-bond donors (Lipinski definition) is 2. The van der Waals surface area contributed by atoms with Crippen molar-refractivity contribution in [2.24, 2.45) is 0 Å². The maximum Gasteiger partial charge on any atom is 0.130 e. The van der Waals surface area contributed by atoms with E-state index in [4.69, 9.17) is 22.0 Å². The third-order valence-corrected chi connectivity index (χ3v) is 4.08. The largest absolute Gasteiger partial charge is 0.395 e. The summed E-state index contributed by atoms with van der Waals surface area (Å²) in [6.07, 6.45) is 0. The summed E-state index contributed by atoms with van der Waals surface area (Å²) < 4.78 is 1.43. The molecule has 0 aliphatic rings. The molecular weight excluding hydrogens is 288 g/mol. The van der Waals surface area contributed by atoms with Gasteiger partial charge in [0.1, 0.15) is 10.4 Å². The molecule has 76 valence electrons. The zero-order valence-corrected chi connectivity index (χ0v) is 10.3. The third-order valence-electron chi connectivity index (χ3n) is 1.54. The van der Waals surface area contributed by atoms with Crippen LogP contribution >= 0.6 is 38.9 Å². The number of aliphatic hydroxyl groups is 1. The highest BCUT2D eigenvalue weighted by Crippen LogP contribution is 2.34. The second-order valence-corrected chi connectivity index (χ2v) is 5.05. The van der Waals surface area contributed by atoms with Gasteiger partial charge in [0.15, 0.2) is 0 Å². The van der Waals surface area contributed by atoms with Crippen molar-refractivity contribution in [3.05, 3.63) is 19.8 Å². The molecule has 1 unspecified atom stereocenters. The van der Waals surface area contributed by atoms with Gasteiger partial charge in [-0.3, -0.25) is 5.32 Å². The Bertz CT molecular complexity index is 330. The summed E-state index contributed by atoms with van der Waals surface area (Å²) in [5.41, 5.74) is 0. The molecule has 0 amide bonds. The van der Waals surface area contributed by atoms with Crippen LogP contribution in [0.4, 0.5) is 0 Å². The van der Waals surface area contributed by atoms with E-state index in [0.29, 0.717) is 10.9 Å². The average Bonchev–Trinajstić information content (AvgIpc) is 2.48. The van der Waals surface area contributed by atoms with Crippen LogP contribution < -0.4 is 5.32 Å². The summed E-state index contributed by atoms with van der Waals surface area (Å²) in [6.45, 7) is 0.407. The first-order valence-electron chi connectivity index (χ1n) is 3.87. The van der Waals surface area contributed by atoms with Gasteiger partial charge in [-0.2, -0.15) is 5.26 Å². The Kier molecular flexibility index (Phi) is 4.85. The third kappa shape index (κ3) is 2.94. The lowest BCUT2D eigenvalue weighted by Crippen LogP contribution is -2.22. The maximum absolute atomic E-state index is 8.86. The Morgan fingerprint density at radius 2 is 2.50 bits per heavy atom. The van der Waals surface area contributed by atoms with E-state index >= 15 is 0 Å². The quantitative estimate of drug-likeness (QED) is 0.896. The highest BCUT2D eigenvalue weighted by Gasteiger charge is 2.14. The number of nitrogens with zero attached hydrogens (tertiary/aromatic N) is 1. The van der Waals surface area contributed by atoms with E-state index in [1.54, 1.807) is 0 Å². The molecule has 0 aliphatic carbocycles. The van der Waals surface area contributed by atoms with E-state index in [-0.39, 0.29) is 6.61 Å². The van der Waals surface area contributed by atoms with Gasteiger partial charge < -0.3 is 5.11 Å². The van der Waals surface area contributed by atoms with Gasteiger partial charge in [-0.25, -0.2) is 0 Å². The molecule has 14 heavy (non-hydrogen) atoms. The fourth-order valence-electron chi connectivity index (χ4n) is 0.924. The van der Waals surface area contributed by atoms with Crippen LogP contribution in [-0.4, -0.2) is 18.3 Å². The van der Waals surface area contributed by atoms with Crippen molar-refractivity contribution in [2.75, 3.05) is 13.2 Å². The minimum absolute atomic E-state index is 0.0124. The second-order valence-electron chi connectivity index (χ2n) is 2.51. The van der Waals surface area contributed by atoms with Crippen molar-refractivity contribution < 1.29 is 5.11 Å². The molecule has 0 saturated heterocycles. The standard InChI is InChI=1S/C8H8BrClN2OS/c9-5-3-7(14-8(5)10)6(4-11)12-1-2-13/h3,6,12-13H,1-2H2. The Morgan fingerprint density at radius 3 is 2.93 bits per heavy atom. The van der Waals surface area contributed by atoms with E-state index < -0.39 is 6.04 Å². The number of nitrogens with one attached hydrogen (secondary N) is 1. The topological polar surface area (TPSA) is 56.0 Å². The average molecular weight is 296 g/mol. The van der Waals surface area contributed by atoms with Gasteiger partial charge in [0, 0.05) is 15.9 Å². The monoisotopic (exact) mass is 294 g/mol. The zero-order valence-electron chi connectivity index (χ0n) is 7.13. The molecule has 1 aromatic heterocycles. The molecule has 0 aromatic carbocycles. The maximum atomic E-state index is 8.86. The predicted octanol–water partition coefficient (Wildman–Crippen LogP) is 2.31. The van der Waals surface area contributed by atoms with Gasteiger partial charge in [-0.1, -0.05) is 11.6 Å². The molecule has 0 radical (unpaired) electrons. The molecule has 0 spiro atoms. The molecule has 6 heteroatoms. The Morgan fingerprint density at radius 1 is 1.79 bits per heavy atom. The number of halogens is 2. The smallest absolute Gasteiger partial charge is 0.130 e. The fraction of sp³-hybridized carbons (Fsp3) is 0.375. The first-order chi connectivity index (χ1) is 6.69. The van der Waals surface area contributed by atoms with Crippen molar-refractivity contribution in [3.8, 4) is 6.07 Å². The minimum atomic E-state index is -0.407. The SMILES string of the molecule is N#CC(NCCO)c1cc(Br)c(Cl)s1. The van der Waals surface area contributed by atoms with Crippen molar-refractivity contribution in [3.63, 3.8) is 0 Å². The van der Waals surface area contributed by atoms with E-state index in [0.717, 1.165) is 9.35 Å². The number of nitriles is 1. The molecular formula is C8H8BrClN2OS. The minimum Gasteiger partial charge on any atom is -0.395 e. The van der Waals surface area contributed by atoms with Crippen LogP contribution in [0.5, 0.6) is 0 Å². The lowest BCUT2D eigenvalue weighted by Gasteiger charge is -2.06. The van der Waals surface area contributed by atoms with Crippen LogP contribution in [0, 0.1) is 11.3 Å². The predicted molar refractivity (Wildman–Crippen MR) is 60.5 cm³/mol. The van der Waals surface area contributed by atoms with E-state index in [9.17, 15) is 0 Å². The van der Waals surface area contributed by atoms with Gasteiger partial charge in [0.25, 0.3) is 0 Å². The van der Waals surface area contributed by atoms with E-state index in [1.807, 2.05) is 6.07 Å². The first-order valence-corrected chi connectivity index (χ1v) is 5.86. The molecule has 1 aromatic rings.